The van der Waals surface area contributed by atoms with Gasteiger partial charge in [0.05, 0.1) is 12.0 Å². The van der Waals surface area contributed by atoms with E-state index in [1.165, 1.54) is 10.9 Å². The van der Waals surface area contributed by atoms with Crippen LogP contribution in [-0.2, 0) is 6.54 Å². The zero-order valence-electron chi connectivity index (χ0n) is 14.9. The molecule has 7 nitrogen and oxygen atoms in total. The first-order valence-corrected chi connectivity index (χ1v) is 8.92. The Balaban J connectivity index is 1.44. The van der Waals surface area contributed by atoms with Crippen LogP contribution in [0.25, 0.3) is 5.52 Å². The molecule has 0 N–H and O–H groups in total. The van der Waals surface area contributed by atoms with Gasteiger partial charge in [0.1, 0.15) is 11.2 Å². The molecular weight excluding hydrogens is 354 g/mol. The summed E-state index contributed by atoms with van der Waals surface area (Å²) in [5.41, 5.74) is 1.03. The van der Waals surface area contributed by atoms with E-state index in [0.29, 0.717) is 12.5 Å². The van der Waals surface area contributed by atoms with E-state index >= 15 is 0 Å². The molecule has 1 saturated heterocycles. The molecule has 1 fully saturated rings. The second-order valence-corrected chi connectivity index (χ2v) is 6.90. The lowest BCUT2D eigenvalue weighted by Gasteiger charge is -2.33. The van der Waals surface area contributed by atoms with Crippen molar-refractivity contribution in [3.63, 3.8) is 0 Å². The molecule has 4 heterocycles. The lowest BCUT2D eigenvalue weighted by molar-refractivity contribution is 0.145. The van der Waals surface area contributed by atoms with Gasteiger partial charge in [-0.1, -0.05) is 0 Å². The minimum absolute atomic E-state index is 0.296. The van der Waals surface area contributed by atoms with Crippen LogP contribution < -0.4 is 10.5 Å². The molecule has 3 aromatic rings. The number of anilines is 1. The number of aryl methyl sites for hydroxylation is 1. The standard InChI is InChI=1S/C18H20F2N6O/c1-12-8-15-18(21-4-7-26(15)23-12)24-5-2-13(3-6-24)10-25-11-22-14(17(19)20)9-16(25)27/h4,7-9,11,13,17H,2-3,5-6,10H2,1H3. The summed E-state index contributed by atoms with van der Waals surface area (Å²) in [5.74, 6) is 1.21. The van der Waals surface area contributed by atoms with Gasteiger partial charge in [-0.2, -0.15) is 5.10 Å². The molecule has 142 valence electrons. The maximum absolute atomic E-state index is 12.6. The fourth-order valence-electron chi connectivity index (χ4n) is 3.58. The zero-order valence-corrected chi connectivity index (χ0v) is 14.9. The normalized spacial score (nSPS) is 15.8. The first-order chi connectivity index (χ1) is 13.0. The highest BCUT2D eigenvalue weighted by Gasteiger charge is 2.23. The quantitative estimate of drug-likeness (QED) is 0.702. The monoisotopic (exact) mass is 374 g/mol. The lowest BCUT2D eigenvalue weighted by atomic mass is 9.96. The Bertz CT molecular complexity index is 1010. The van der Waals surface area contributed by atoms with Crippen molar-refractivity contribution in [3.8, 4) is 0 Å². The second-order valence-electron chi connectivity index (χ2n) is 6.90. The van der Waals surface area contributed by atoms with Crippen molar-refractivity contribution in [3.05, 3.63) is 52.6 Å². The summed E-state index contributed by atoms with van der Waals surface area (Å²) in [6.07, 6.45) is 3.86. The zero-order chi connectivity index (χ0) is 19.0. The predicted octanol–water partition coefficient (Wildman–Crippen LogP) is 2.45. The molecule has 0 atom stereocenters. The summed E-state index contributed by atoms with van der Waals surface area (Å²) >= 11 is 0. The highest BCUT2D eigenvalue weighted by atomic mass is 19.3. The Morgan fingerprint density at radius 2 is 2.00 bits per heavy atom. The molecule has 0 aliphatic carbocycles. The Hall–Kier alpha value is -2.84. The topological polar surface area (TPSA) is 68.3 Å². The van der Waals surface area contributed by atoms with E-state index in [4.69, 9.17) is 0 Å². The van der Waals surface area contributed by atoms with E-state index < -0.39 is 17.7 Å². The number of rotatable bonds is 4. The minimum Gasteiger partial charge on any atom is -0.355 e. The molecule has 0 spiro atoms. The molecule has 1 aliphatic rings. The molecule has 0 aromatic carbocycles. The molecule has 0 amide bonds. The van der Waals surface area contributed by atoms with Crippen molar-refractivity contribution in [2.24, 2.45) is 5.92 Å². The molecule has 0 radical (unpaired) electrons. The second kappa shape index (κ2) is 7.05. The minimum atomic E-state index is -2.72. The van der Waals surface area contributed by atoms with Gasteiger partial charge < -0.3 is 4.90 Å². The van der Waals surface area contributed by atoms with Crippen LogP contribution in [0, 0.1) is 12.8 Å². The van der Waals surface area contributed by atoms with E-state index in [0.717, 1.165) is 49.0 Å². The van der Waals surface area contributed by atoms with Gasteiger partial charge in [0, 0.05) is 38.1 Å². The number of hydrogen-bond donors (Lipinski definition) is 0. The van der Waals surface area contributed by atoms with Gasteiger partial charge in [-0.05, 0) is 31.7 Å². The number of aromatic nitrogens is 5. The summed E-state index contributed by atoms with van der Waals surface area (Å²) < 4.78 is 28.5. The van der Waals surface area contributed by atoms with Crippen LogP contribution in [0.15, 0.2) is 35.6 Å². The van der Waals surface area contributed by atoms with E-state index in [2.05, 4.69) is 20.0 Å². The van der Waals surface area contributed by atoms with Crippen LogP contribution in [0.3, 0.4) is 0 Å². The molecular formula is C18H20F2N6O. The molecule has 1 aliphatic heterocycles. The van der Waals surface area contributed by atoms with Gasteiger partial charge in [-0.3, -0.25) is 9.36 Å². The van der Waals surface area contributed by atoms with Crippen molar-refractivity contribution in [2.45, 2.75) is 32.7 Å². The van der Waals surface area contributed by atoms with Crippen molar-refractivity contribution in [1.82, 2.24) is 24.1 Å². The molecule has 0 bridgehead atoms. The first-order valence-electron chi connectivity index (χ1n) is 8.92. The van der Waals surface area contributed by atoms with Crippen LogP contribution in [0.4, 0.5) is 14.6 Å². The van der Waals surface area contributed by atoms with Crippen molar-refractivity contribution < 1.29 is 8.78 Å². The Labute approximate surface area is 154 Å². The van der Waals surface area contributed by atoms with Gasteiger partial charge >= 0.3 is 0 Å². The lowest BCUT2D eigenvalue weighted by Crippen LogP contribution is -2.37. The predicted molar refractivity (Wildman–Crippen MR) is 96.1 cm³/mol. The fraction of sp³-hybridized carbons (Fsp3) is 0.444. The van der Waals surface area contributed by atoms with E-state index in [1.807, 2.05) is 23.7 Å². The number of halogens is 2. The van der Waals surface area contributed by atoms with Gasteiger partial charge in [-0.15, -0.1) is 0 Å². The summed E-state index contributed by atoms with van der Waals surface area (Å²) in [4.78, 5) is 22.5. The van der Waals surface area contributed by atoms with Crippen molar-refractivity contribution in [1.29, 1.82) is 0 Å². The molecule has 3 aromatic heterocycles. The smallest absolute Gasteiger partial charge is 0.280 e. The Morgan fingerprint density at radius 3 is 2.70 bits per heavy atom. The first kappa shape index (κ1) is 17.6. The van der Waals surface area contributed by atoms with E-state index in [9.17, 15) is 13.6 Å². The molecule has 27 heavy (non-hydrogen) atoms. The van der Waals surface area contributed by atoms with Crippen molar-refractivity contribution >= 4 is 11.3 Å². The average Bonchev–Trinajstić information content (AvgIpc) is 3.04. The summed E-state index contributed by atoms with van der Waals surface area (Å²) in [5, 5.41) is 4.42. The summed E-state index contributed by atoms with van der Waals surface area (Å²) in [7, 11) is 0. The summed E-state index contributed by atoms with van der Waals surface area (Å²) in [6, 6.07) is 2.94. The Morgan fingerprint density at radius 1 is 1.22 bits per heavy atom. The number of piperidine rings is 1. The molecule has 9 heteroatoms. The van der Waals surface area contributed by atoms with Crippen molar-refractivity contribution in [2.75, 3.05) is 18.0 Å². The van der Waals surface area contributed by atoms with E-state index in [1.54, 1.807) is 6.20 Å². The SMILES string of the molecule is Cc1cc2c(N3CCC(Cn4cnc(C(F)F)cc4=O)CC3)nccn2n1. The van der Waals surface area contributed by atoms with Crippen LogP contribution in [-0.4, -0.2) is 37.2 Å². The maximum atomic E-state index is 12.6. The van der Waals surface area contributed by atoms with Gasteiger partial charge in [0.25, 0.3) is 12.0 Å². The third-order valence-corrected chi connectivity index (χ3v) is 4.98. The third kappa shape index (κ3) is 3.54. The summed E-state index contributed by atoms with van der Waals surface area (Å²) in [6.45, 7) is 4.08. The number of alkyl halides is 2. The van der Waals surface area contributed by atoms with Gasteiger partial charge in [0.2, 0.25) is 0 Å². The van der Waals surface area contributed by atoms with Crippen LogP contribution >= 0.6 is 0 Å². The number of fused-ring (bicyclic) bond motifs is 1. The highest BCUT2D eigenvalue weighted by molar-refractivity contribution is 5.69. The largest absolute Gasteiger partial charge is 0.355 e. The van der Waals surface area contributed by atoms with Crippen LogP contribution in [0.2, 0.25) is 0 Å². The van der Waals surface area contributed by atoms with Gasteiger partial charge in [0.15, 0.2) is 5.82 Å². The van der Waals surface area contributed by atoms with Crippen LogP contribution in [0.1, 0.15) is 30.7 Å². The van der Waals surface area contributed by atoms with Gasteiger partial charge in [-0.25, -0.2) is 23.3 Å². The molecule has 0 unspecified atom stereocenters. The average molecular weight is 374 g/mol. The van der Waals surface area contributed by atoms with Crippen LogP contribution in [0.5, 0.6) is 0 Å². The third-order valence-electron chi connectivity index (χ3n) is 4.98. The molecule has 0 saturated carbocycles. The number of hydrogen-bond acceptors (Lipinski definition) is 5. The fourth-order valence-corrected chi connectivity index (χ4v) is 3.58. The maximum Gasteiger partial charge on any atom is 0.280 e. The highest BCUT2D eigenvalue weighted by Crippen LogP contribution is 2.26. The number of nitrogens with zero attached hydrogens (tertiary/aromatic N) is 6. The molecule has 4 rings (SSSR count). The Kier molecular flexibility index (Phi) is 4.59. The van der Waals surface area contributed by atoms with E-state index in [-0.39, 0.29) is 0 Å².